The Kier molecular flexibility index (Phi) is 1.29. The van der Waals surface area contributed by atoms with Crippen molar-refractivity contribution in [2.75, 3.05) is 0 Å². The van der Waals surface area contributed by atoms with Crippen LogP contribution >= 0.6 is 12.8 Å². The largest absolute Gasteiger partial charge is 0.430 e. The maximum Gasteiger partial charge on any atom is 0.430 e. The van der Waals surface area contributed by atoms with Gasteiger partial charge in [0, 0.05) is 0 Å². The van der Waals surface area contributed by atoms with Crippen LogP contribution in [0.25, 0.3) is 11.1 Å². The van der Waals surface area contributed by atoms with E-state index in [1.807, 2.05) is 6.07 Å². The summed E-state index contributed by atoms with van der Waals surface area (Å²) >= 11 is 3.93. The first-order chi connectivity index (χ1) is 5.29. The third-order valence-electron chi connectivity index (χ3n) is 1.46. The van der Waals surface area contributed by atoms with E-state index >= 15 is 0 Å². The van der Waals surface area contributed by atoms with Gasteiger partial charge in [-0.15, -0.1) is 0 Å². The van der Waals surface area contributed by atoms with E-state index in [0.29, 0.717) is 11.1 Å². The van der Waals surface area contributed by atoms with Gasteiger partial charge in [-0.05, 0) is 12.1 Å². The van der Waals surface area contributed by atoms with E-state index in [2.05, 4.69) is 12.8 Å². The first-order valence-electron chi connectivity index (χ1n) is 3.09. The van der Waals surface area contributed by atoms with E-state index in [9.17, 15) is 4.79 Å². The molecule has 3 nitrogen and oxygen atoms in total. The lowest BCUT2D eigenvalue weighted by Crippen LogP contribution is -2.03. The van der Waals surface area contributed by atoms with Gasteiger partial charge in [0.15, 0.2) is 5.58 Å². The summed E-state index contributed by atoms with van der Waals surface area (Å²) in [6.45, 7) is 0. The number of rotatable bonds is 0. The maximum absolute atomic E-state index is 10.9. The van der Waals surface area contributed by atoms with Gasteiger partial charge in [-0.25, -0.2) is 8.77 Å². The Morgan fingerprint density at radius 3 is 2.82 bits per heavy atom. The second-order valence-corrected chi connectivity index (χ2v) is 2.55. The number of aromatic nitrogens is 1. The monoisotopic (exact) mass is 167 g/mol. The third kappa shape index (κ3) is 0.867. The number of para-hydroxylation sites is 2. The fourth-order valence-corrected chi connectivity index (χ4v) is 1.16. The molecule has 2 aromatic rings. The Morgan fingerprint density at radius 2 is 2.09 bits per heavy atom. The van der Waals surface area contributed by atoms with E-state index in [1.165, 1.54) is 3.97 Å². The van der Waals surface area contributed by atoms with Crippen molar-refractivity contribution in [2.45, 2.75) is 0 Å². The predicted molar refractivity (Wildman–Crippen MR) is 44.9 cm³/mol. The summed E-state index contributed by atoms with van der Waals surface area (Å²) < 4.78 is 6.01. The molecule has 1 aromatic carbocycles. The molecule has 0 fully saturated rings. The second kappa shape index (κ2) is 2.17. The minimum atomic E-state index is -0.450. The minimum Gasteiger partial charge on any atom is -0.407 e. The van der Waals surface area contributed by atoms with Crippen molar-refractivity contribution in [3.63, 3.8) is 0 Å². The first-order valence-corrected chi connectivity index (χ1v) is 3.49. The highest BCUT2D eigenvalue weighted by Gasteiger charge is 2.02. The standard InChI is InChI=1S/C7H5NO2S/c9-7-8(11)5-3-1-2-4-6(5)10-7/h1-4,11H. The summed E-state index contributed by atoms with van der Waals surface area (Å²) in [5.74, 6) is -0.450. The van der Waals surface area contributed by atoms with Crippen LogP contribution in [0.5, 0.6) is 0 Å². The molecule has 0 N–H and O–H groups in total. The molecule has 0 saturated carbocycles. The fraction of sp³-hybridized carbons (Fsp3) is 0. The molecule has 1 aromatic heterocycles. The zero-order chi connectivity index (χ0) is 7.84. The van der Waals surface area contributed by atoms with Crippen LogP contribution in [0.4, 0.5) is 0 Å². The molecule has 0 spiro atoms. The molecule has 1 heterocycles. The average Bonchev–Trinajstić information content (AvgIpc) is 2.30. The second-order valence-electron chi connectivity index (χ2n) is 2.15. The van der Waals surface area contributed by atoms with Gasteiger partial charge in [0.1, 0.15) is 5.52 Å². The quantitative estimate of drug-likeness (QED) is 0.600. The molecule has 0 aliphatic rings. The minimum absolute atomic E-state index is 0.450. The van der Waals surface area contributed by atoms with Gasteiger partial charge in [0.25, 0.3) is 0 Å². The lowest BCUT2D eigenvalue weighted by atomic mass is 10.3. The lowest BCUT2D eigenvalue weighted by Gasteiger charge is -1.85. The first kappa shape index (κ1) is 6.54. The van der Waals surface area contributed by atoms with Crippen molar-refractivity contribution in [3.8, 4) is 0 Å². The van der Waals surface area contributed by atoms with E-state index in [4.69, 9.17) is 4.42 Å². The third-order valence-corrected chi connectivity index (χ3v) is 1.84. The van der Waals surface area contributed by atoms with Crippen molar-refractivity contribution in [1.82, 2.24) is 3.97 Å². The van der Waals surface area contributed by atoms with Gasteiger partial charge in [0.2, 0.25) is 0 Å². The van der Waals surface area contributed by atoms with Crippen molar-refractivity contribution in [1.29, 1.82) is 0 Å². The maximum atomic E-state index is 10.9. The van der Waals surface area contributed by atoms with Crippen molar-refractivity contribution in [2.24, 2.45) is 0 Å². The smallest absolute Gasteiger partial charge is 0.407 e. The van der Waals surface area contributed by atoms with Gasteiger partial charge in [-0.2, -0.15) is 0 Å². The predicted octanol–water partition coefficient (Wildman–Crippen LogP) is 1.29. The van der Waals surface area contributed by atoms with Gasteiger partial charge >= 0.3 is 5.76 Å². The number of benzene rings is 1. The number of hydrogen-bond donors (Lipinski definition) is 1. The van der Waals surface area contributed by atoms with Crippen LogP contribution in [-0.4, -0.2) is 3.97 Å². The molecule has 0 aliphatic carbocycles. The van der Waals surface area contributed by atoms with Crippen LogP contribution in [0.1, 0.15) is 0 Å². The summed E-state index contributed by atoms with van der Waals surface area (Å²) in [6.07, 6.45) is 0. The van der Waals surface area contributed by atoms with Crippen LogP contribution < -0.4 is 5.76 Å². The molecule has 2 rings (SSSR count). The average molecular weight is 167 g/mol. The summed E-state index contributed by atoms with van der Waals surface area (Å²) in [7, 11) is 0. The summed E-state index contributed by atoms with van der Waals surface area (Å²) in [6, 6.07) is 7.12. The van der Waals surface area contributed by atoms with Crippen LogP contribution in [0.3, 0.4) is 0 Å². The SMILES string of the molecule is O=c1oc2ccccc2n1S. The van der Waals surface area contributed by atoms with E-state index < -0.39 is 5.76 Å². The zero-order valence-corrected chi connectivity index (χ0v) is 6.41. The Morgan fingerprint density at radius 1 is 1.36 bits per heavy atom. The molecular weight excluding hydrogens is 162 g/mol. The molecule has 0 aliphatic heterocycles. The van der Waals surface area contributed by atoms with Gasteiger partial charge in [-0.3, -0.25) is 0 Å². The fourth-order valence-electron chi connectivity index (χ4n) is 0.954. The molecule has 0 atom stereocenters. The molecule has 0 radical (unpaired) electrons. The molecule has 0 amide bonds. The highest BCUT2D eigenvalue weighted by molar-refractivity contribution is 7.78. The number of hydrogen-bond acceptors (Lipinski definition) is 3. The molecule has 11 heavy (non-hydrogen) atoms. The van der Waals surface area contributed by atoms with Crippen LogP contribution in [0.15, 0.2) is 33.5 Å². The molecule has 56 valence electrons. The summed E-state index contributed by atoms with van der Waals surface area (Å²) in [4.78, 5) is 10.9. The highest BCUT2D eigenvalue weighted by atomic mass is 32.1. The van der Waals surface area contributed by atoms with E-state index in [0.717, 1.165) is 0 Å². The Labute approximate surface area is 67.8 Å². The number of nitrogens with zero attached hydrogens (tertiary/aromatic N) is 1. The Hall–Kier alpha value is -1.16. The number of fused-ring (bicyclic) bond motifs is 1. The molecule has 0 saturated heterocycles. The van der Waals surface area contributed by atoms with E-state index in [-0.39, 0.29) is 0 Å². The van der Waals surface area contributed by atoms with Crippen molar-refractivity contribution in [3.05, 3.63) is 34.8 Å². The van der Waals surface area contributed by atoms with Crippen LogP contribution in [-0.2, 0) is 0 Å². The summed E-state index contributed by atoms with van der Waals surface area (Å²) in [5, 5.41) is 0. The van der Waals surface area contributed by atoms with E-state index in [1.54, 1.807) is 18.2 Å². The normalized spacial score (nSPS) is 10.6. The number of thiol groups is 1. The molecule has 0 bridgehead atoms. The lowest BCUT2D eigenvalue weighted by molar-refractivity contribution is 0.550. The molecule has 0 unspecified atom stereocenters. The van der Waals surface area contributed by atoms with Crippen molar-refractivity contribution >= 4 is 23.9 Å². The summed E-state index contributed by atoms with van der Waals surface area (Å²) in [5.41, 5.74) is 1.26. The topological polar surface area (TPSA) is 35.1 Å². The zero-order valence-electron chi connectivity index (χ0n) is 5.52. The van der Waals surface area contributed by atoms with Gasteiger partial charge < -0.3 is 4.42 Å². The van der Waals surface area contributed by atoms with Crippen LogP contribution in [0, 0.1) is 0 Å². The Balaban J connectivity index is 3.04. The van der Waals surface area contributed by atoms with Crippen LogP contribution in [0.2, 0.25) is 0 Å². The van der Waals surface area contributed by atoms with Crippen molar-refractivity contribution < 1.29 is 4.42 Å². The van der Waals surface area contributed by atoms with Gasteiger partial charge in [-0.1, -0.05) is 24.9 Å². The van der Waals surface area contributed by atoms with Gasteiger partial charge in [0.05, 0.1) is 0 Å². The Bertz CT molecular complexity index is 443. The molecule has 4 heteroatoms. The molecular formula is C7H5NO2S. The highest BCUT2D eigenvalue weighted by Crippen LogP contribution is 2.11. The number of oxazole rings is 1.